The summed E-state index contributed by atoms with van der Waals surface area (Å²) in [7, 11) is 0. The Hall–Kier alpha value is -3.30. The number of aromatic nitrogens is 2. The van der Waals surface area contributed by atoms with Gasteiger partial charge < -0.3 is 20.4 Å². The van der Waals surface area contributed by atoms with Gasteiger partial charge in [-0.2, -0.15) is 0 Å². The molecule has 3 atom stereocenters. The first-order valence-electron chi connectivity index (χ1n) is 10.3. The lowest BCUT2D eigenvalue weighted by Crippen LogP contribution is -2.46. The Bertz CT molecular complexity index is 1180. The number of nitrogens with zero attached hydrogens (tertiary/aromatic N) is 2. The van der Waals surface area contributed by atoms with Gasteiger partial charge in [-0.15, -0.1) is 13.2 Å². The SMILES string of the molecule is Nc1cc(OC(F)(F)F)ccc1C(=O)N1[C@@H]2CC[C@H]1CC(c1c(F)cnc3[nH]ccc13)C2. The Kier molecular flexibility index (Phi) is 4.75. The Morgan fingerprint density at radius 3 is 2.56 bits per heavy atom. The second kappa shape index (κ2) is 7.39. The zero-order chi connectivity index (χ0) is 22.6. The molecule has 1 amide bonds. The number of hydrogen-bond acceptors (Lipinski definition) is 4. The van der Waals surface area contributed by atoms with Gasteiger partial charge in [0.15, 0.2) is 0 Å². The fourth-order valence-electron chi connectivity index (χ4n) is 5.24. The molecule has 5 rings (SSSR count). The normalized spacial score (nSPS) is 23.0. The number of carbonyl (C=O) groups is 1. The van der Waals surface area contributed by atoms with Crippen LogP contribution in [0.25, 0.3) is 11.0 Å². The number of piperidine rings is 1. The van der Waals surface area contributed by atoms with Crippen molar-refractivity contribution in [3.05, 3.63) is 53.6 Å². The lowest BCUT2D eigenvalue weighted by molar-refractivity contribution is -0.274. The van der Waals surface area contributed by atoms with Gasteiger partial charge in [0.2, 0.25) is 0 Å². The van der Waals surface area contributed by atoms with Crippen molar-refractivity contribution < 1.29 is 27.1 Å². The Morgan fingerprint density at radius 1 is 1.19 bits per heavy atom. The van der Waals surface area contributed by atoms with E-state index in [1.54, 1.807) is 11.1 Å². The molecule has 0 spiro atoms. The molecule has 10 heteroatoms. The number of pyridine rings is 1. The number of H-pyrrole nitrogens is 1. The number of anilines is 1. The molecule has 3 aromatic rings. The monoisotopic (exact) mass is 448 g/mol. The molecule has 32 heavy (non-hydrogen) atoms. The smallest absolute Gasteiger partial charge is 0.406 e. The molecule has 3 N–H and O–H groups in total. The topological polar surface area (TPSA) is 84.2 Å². The average molecular weight is 448 g/mol. The molecule has 2 aliphatic rings. The van der Waals surface area contributed by atoms with Gasteiger partial charge in [-0.3, -0.25) is 4.79 Å². The number of nitrogens with two attached hydrogens (primary N) is 1. The van der Waals surface area contributed by atoms with Crippen LogP contribution in [0.15, 0.2) is 36.7 Å². The first-order chi connectivity index (χ1) is 15.2. The van der Waals surface area contributed by atoms with Crippen molar-refractivity contribution in [1.82, 2.24) is 14.9 Å². The van der Waals surface area contributed by atoms with Crippen LogP contribution in [-0.4, -0.2) is 39.2 Å². The summed E-state index contributed by atoms with van der Waals surface area (Å²) in [5.41, 5.74) is 7.20. The molecule has 2 fully saturated rings. The molecule has 2 aromatic heterocycles. The molecule has 4 heterocycles. The van der Waals surface area contributed by atoms with Crippen LogP contribution in [0.3, 0.4) is 0 Å². The van der Waals surface area contributed by atoms with Gasteiger partial charge in [0.25, 0.3) is 5.91 Å². The number of aromatic amines is 1. The summed E-state index contributed by atoms with van der Waals surface area (Å²) < 4.78 is 55.9. The lowest BCUT2D eigenvalue weighted by Gasteiger charge is -2.39. The van der Waals surface area contributed by atoms with E-state index in [4.69, 9.17) is 5.73 Å². The number of nitrogens with one attached hydrogen (secondary N) is 1. The van der Waals surface area contributed by atoms with Gasteiger partial charge in [-0.25, -0.2) is 9.37 Å². The quantitative estimate of drug-likeness (QED) is 0.448. The number of nitrogen functional groups attached to an aromatic ring is 1. The highest BCUT2D eigenvalue weighted by atomic mass is 19.4. The maximum atomic E-state index is 14.7. The summed E-state index contributed by atoms with van der Waals surface area (Å²) in [5, 5.41) is 0.749. The van der Waals surface area contributed by atoms with E-state index < -0.39 is 12.1 Å². The van der Waals surface area contributed by atoms with Gasteiger partial charge in [-0.1, -0.05) is 0 Å². The van der Waals surface area contributed by atoms with E-state index in [0.29, 0.717) is 24.1 Å². The van der Waals surface area contributed by atoms with Crippen molar-refractivity contribution >= 4 is 22.6 Å². The fraction of sp³-hybridized carbons (Fsp3) is 0.364. The van der Waals surface area contributed by atoms with Crippen LogP contribution in [0.1, 0.15) is 47.5 Å². The van der Waals surface area contributed by atoms with Crippen LogP contribution in [0.4, 0.5) is 23.2 Å². The van der Waals surface area contributed by atoms with Crippen molar-refractivity contribution in [2.24, 2.45) is 0 Å². The summed E-state index contributed by atoms with van der Waals surface area (Å²) in [4.78, 5) is 22.1. The minimum atomic E-state index is -4.84. The summed E-state index contributed by atoms with van der Waals surface area (Å²) in [6.45, 7) is 0. The van der Waals surface area contributed by atoms with E-state index in [2.05, 4.69) is 14.7 Å². The number of fused-ring (bicyclic) bond motifs is 3. The van der Waals surface area contributed by atoms with Gasteiger partial charge in [0.1, 0.15) is 17.2 Å². The highest BCUT2D eigenvalue weighted by molar-refractivity contribution is 6.00. The second-order valence-electron chi connectivity index (χ2n) is 8.32. The number of benzene rings is 1. The van der Waals surface area contributed by atoms with Gasteiger partial charge in [0, 0.05) is 41.0 Å². The number of rotatable bonds is 3. The molecule has 0 saturated carbocycles. The van der Waals surface area contributed by atoms with E-state index in [-0.39, 0.29) is 41.0 Å². The average Bonchev–Trinajstić information content (AvgIpc) is 3.28. The highest BCUT2D eigenvalue weighted by Crippen LogP contribution is 2.46. The molecular formula is C22H20F4N4O2. The predicted molar refractivity (Wildman–Crippen MR) is 109 cm³/mol. The van der Waals surface area contributed by atoms with E-state index in [9.17, 15) is 22.4 Å². The molecule has 2 saturated heterocycles. The van der Waals surface area contributed by atoms with Gasteiger partial charge in [-0.05, 0) is 49.8 Å². The van der Waals surface area contributed by atoms with E-state index in [1.807, 2.05) is 6.07 Å². The maximum absolute atomic E-state index is 14.7. The summed E-state index contributed by atoms with van der Waals surface area (Å²) in [5.74, 6) is -1.21. The van der Waals surface area contributed by atoms with Crippen molar-refractivity contribution in [3.63, 3.8) is 0 Å². The minimum absolute atomic E-state index is 0.0576. The van der Waals surface area contributed by atoms with Gasteiger partial charge >= 0.3 is 6.36 Å². The lowest BCUT2D eigenvalue weighted by atomic mass is 9.83. The zero-order valence-electron chi connectivity index (χ0n) is 16.8. The van der Waals surface area contributed by atoms with Crippen molar-refractivity contribution in [2.75, 3.05) is 5.73 Å². The van der Waals surface area contributed by atoms with E-state index >= 15 is 0 Å². The van der Waals surface area contributed by atoms with Crippen LogP contribution >= 0.6 is 0 Å². The fourth-order valence-corrected chi connectivity index (χ4v) is 5.24. The number of ether oxygens (including phenoxy) is 1. The molecule has 0 radical (unpaired) electrons. The highest BCUT2D eigenvalue weighted by Gasteiger charge is 2.45. The van der Waals surface area contributed by atoms with Gasteiger partial charge in [0.05, 0.1) is 11.8 Å². The van der Waals surface area contributed by atoms with Crippen LogP contribution in [0, 0.1) is 5.82 Å². The maximum Gasteiger partial charge on any atom is 0.573 e. The predicted octanol–water partition coefficient (Wildman–Crippen LogP) is 4.73. The number of alkyl halides is 3. The third-order valence-electron chi connectivity index (χ3n) is 6.44. The molecule has 0 aliphatic carbocycles. The number of amides is 1. The van der Waals surface area contributed by atoms with Crippen LogP contribution in [0.5, 0.6) is 5.75 Å². The summed E-state index contributed by atoms with van der Waals surface area (Å²) in [6, 6.07) is 4.96. The molecule has 1 aromatic carbocycles. The molecule has 2 bridgehead atoms. The van der Waals surface area contributed by atoms with Crippen molar-refractivity contribution in [1.29, 1.82) is 0 Å². The number of hydrogen-bond donors (Lipinski definition) is 2. The third kappa shape index (κ3) is 3.53. The van der Waals surface area contributed by atoms with Crippen molar-refractivity contribution in [2.45, 2.75) is 50.0 Å². The Balaban J connectivity index is 1.39. The largest absolute Gasteiger partial charge is 0.573 e. The Labute approximate surface area is 180 Å². The van der Waals surface area contributed by atoms with Crippen LogP contribution in [-0.2, 0) is 0 Å². The summed E-state index contributed by atoms with van der Waals surface area (Å²) in [6.07, 6.45) is 0.862. The van der Waals surface area contributed by atoms with E-state index in [1.165, 1.54) is 12.3 Å². The Morgan fingerprint density at radius 2 is 1.91 bits per heavy atom. The number of carbonyl (C=O) groups excluding carboxylic acids is 1. The van der Waals surface area contributed by atoms with Crippen molar-refractivity contribution in [3.8, 4) is 5.75 Å². The molecule has 2 aliphatic heterocycles. The molecule has 168 valence electrons. The van der Waals surface area contributed by atoms with Crippen LogP contribution < -0.4 is 10.5 Å². The summed E-state index contributed by atoms with van der Waals surface area (Å²) >= 11 is 0. The third-order valence-corrected chi connectivity index (χ3v) is 6.44. The molecule has 1 unspecified atom stereocenters. The zero-order valence-corrected chi connectivity index (χ0v) is 16.8. The molecule has 6 nitrogen and oxygen atoms in total. The molecular weight excluding hydrogens is 428 g/mol. The van der Waals surface area contributed by atoms with Crippen LogP contribution in [0.2, 0.25) is 0 Å². The second-order valence-corrected chi connectivity index (χ2v) is 8.32. The first-order valence-corrected chi connectivity index (χ1v) is 10.3. The minimum Gasteiger partial charge on any atom is -0.406 e. The first kappa shape index (κ1) is 20.6. The standard InChI is InChI=1S/C22H20F4N4O2/c23-17-10-29-20-16(5-6-28-20)19(17)11-7-12-1-2-13(8-11)30(12)21(31)15-4-3-14(9-18(15)27)32-22(24,25)26/h3-6,9-13H,1-2,7-8,27H2,(H,28,29)/t11?,12-,13+. The van der Waals surface area contributed by atoms with E-state index in [0.717, 1.165) is 30.4 Å². The number of halogens is 4.